The van der Waals surface area contributed by atoms with Gasteiger partial charge in [-0.15, -0.1) is 0 Å². The van der Waals surface area contributed by atoms with E-state index in [4.69, 9.17) is 9.47 Å². The molecule has 5 nitrogen and oxygen atoms in total. The van der Waals surface area contributed by atoms with Gasteiger partial charge in [0.1, 0.15) is 12.4 Å². The Morgan fingerprint density at radius 2 is 1.75 bits per heavy atom. The van der Waals surface area contributed by atoms with E-state index >= 15 is 0 Å². The molecule has 32 heavy (non-hydrogen) atoms. The summed E-state index contributed by atoms with van der Waals surface area (Å²) in [5.74, 6) is 0.359. The van der Waals surface area contributed by atoms with Crippen LogP contribution in [0.25, 0.3) is 0 Å². The number of hydrogen-bond donors (Lipinski definition) is 1. The van der Waals surface area contributed by atoms with Gasteiger partial charge in [0, 0.05) is 26.2 Å². The largest absolute Gasteiger partial charge is 0.492 e. The summed E-state index contributed by atoms with van der Waals surface area (Å²) in [5.41, 5.74) is -0.724. The number of nitrogens with one attached hydrogen (secondary N) is 1. The fourth-order valence-electron chi connectivity index (χ4n) is 3.48. The summed E-state index contributed by atoms with van der Waals surface area (Å²) < 4.78 is 50.3. The summed E-state index contributed by atoms with van der Waals surface area (Å²) in [6.45, 7) is 8.13. The first-order valence-electron chi connectivity index (χ1n) is 10.6. The monoisotopic (exact) mass is 450 g/mol. The van der Waals surface area contributed by atoms with Gasteiger partial charge in [-0.1, -0.05) is 30.3 Å². The van der Waals surface area contributed by atoms with Crippen LogP contribution in [0.3, 0.4) is 0 Å². The van der Waals surface area contributed by atoms with Crippen LogP contribution in [0.4, 0.5) is 13.2 Å². The van der Waals surface area contributed by atoms with E-state index in [1.54, 1.807) is 13.8 Å². The lowest BCUT2D eigenvalue weighted by molar-refractivity contribution is -0.138. The Morgan fingerprint density at radius 1 is 1.06 bits per heavy atom. The molecule has 0 unspecified atom stereocenters. The maximum absolute atomic E-state index is 13.0. The van der Waals surface area contributed by atoms with Crippen molar-refractivity contribution < 1.29 is 27.4 Å². The number of rotatable bonds is 8. The highest BCUT2D eigenvalue weighted by molar-refractivity contribution is 5.87. The predicted octanol–water partition coefficient (Wildman–Crippen LogP) is 4.01. The molecule has 2 aromatic carbocycles. The van der Waals surface area contributed by atoms with Gasteiger partial charge in [-0.05, 0) is 43.2 Å². The molecule has 0 aromatic heterocycles. The van der Waals surface area contributed by atoms with Crippen molar-refractivity contribution in [3.8, 4) is 5.75 Å². The molecule has 0 spiro atoms. The van der Waals surface area contributed by atoms with Gasteiger partial charge in [0.05, 0.1) is 24.2 Å². The number of morpholine rings is 1. The minimum absolute atomic E-state index is 0.252. The van der Waals surface area contributed by atoms with E-state index in [1.165, 1.54) is 12.1 Å². The summed E-state index contributed by atoms with van der Waals surface area (Å²) in [6.07, 6.45) is -4.45. The second-order valence-electron chi connectivity index (χ2n) is 8.34. The molecule has 174 valence electrons. The number of hydrogen-bond acceptors (Lipinski definition) is 4. The molecule has 0 bridgehead atoms. The Kier molecular flexibility index (Phi) is 7.79. The molecule has 1 aliphatic heterocycles. The molecule has 8 heteroatoms. The van der Waals surface area contributed by atoms with E-state index in [0.717, 1.165) is 50.5 Å². The maximum Gasteiger partial charge on any atom is 0.416 e. The zero-order chi connectivity index (χ0) is 23.2. The van der Waals surface area contributed by atoms with E-state index in [9.17, 15) is 18.0 Å². The molecule has 0 atom stereocenters. The van der Waals surface area contributed by atoms with Gasteiger partial charge in [-0.3, -0.25) is 9.69 Å². The van der Waals surface area contributed by atoms with Gasteiger partial charge in [0.15, 0.2) is 0 Å². The standard InChI is InChI=1S/C24H29F3N2O3/c1-23(2,19-6-4-7-20(16-19)24(25,26)27)22(30)28-17-18-5-3-8-21(15-18)32-14-11-29-9-12-31-13-10-29/h3-8,15-16H,9-14,17H2,1-2H3,(H,28,30). The number of alkyl halides is 3. The van der Waals surface area contributed by atoms with Crippen molar-refractivity contribution in [1.29, 1.82) is 0 Å². The van der Waals surface area contributed by atoms with E-state index in [2.05, 4.69) is 10.2 Å². The highest BCUT2D eigenvalue weighted by Gasteiger charge is 2.34. The first kappa shape index (κ1) is 24.1. The SMILES string of the molecule is CC(C)(C(=O)NCc1cccc(OCCN2CCOCC2)c1)c1cccc(C(F)(F)F)c1. The van der Waals surface area contributed by atoms with Crippen LogP contribution in [-0.2, 0) is 27.7 Å². The molecule has 1 N–H and O–H groups in total. The quantitative estimate of drug-likeness (QED) is 0.660. The maximum atomic E-state index is 13.0. The van der Waals surface area contributed by atoms with Gasteiger partial charge >= 0.3 is 6.18 Å². The van der Waals surface area contributed by atoms with Crippen LogP contribution in [0.1, 0.15) is 30.5 Å². The zero-order valence-corrected chi connectivity index (χ0v) is 18.4. The van der Waals surface area contributed by atoms with Gasteiger partial charge in [-0.2, -0.15) is 13.2 Å². The van der Waals surface area contributed by atoms with E-state index in [0.29, 0.717) is 17.9 Å². The fraction of sp³-hybridized carbons (Fsp3) is 0.458. The second-order valence-corrected chi connectivity index (χ2v) is 8.34. The number of amides is 1. The number of carbonyl (C=O) groups is 1. The highest BCUT2D eigenvalue weighted by atomic mass is 19.4. The van der Waals surface area contributed by atoms with E-state index in [1.807, 2.05) is 24.3 Å². The summed E-state index contributed by atoms with van der Waals surface area (Å²) in [4.78, 5) is 15.1. The van der Waals surface area contributed by atoms with Crippen LogP contribution in [0.5, 0.6) is 5.75 Å². The van der Waals surface area contributed by atoms with Crippen molar-refractivity contribution in [3.05, 3.63) is 65.2 Å². The summed E-state index contributed by atoms with van der Waals surface area (Å²) >= 11 is 0. The normalized spacial score (nSPS) is 15.4. The van der Waals surface area contributed by atoms with Crippen LogP contribution in [-0.4, -0.2) is 50.3 Å². The first-order chi connectivity index (χ1) is 15.2. The van der Waals surface area contributed by atoms with Crippen molar-refractivity contribution in [2.45, 2.75) is 32.0 Å². The molecule has 1 amide bonds. The number of nitrogens with zero attached hydrogens (tertiary/aromatic N) is 1. The van der Waals surface area contributed by atoms with Crippen molar-refractivity contribution >= 4 is 5.91 Å². The average molecular weight is 451 g/mol. The van der Waals surface area contributed by atoms with E-state index in [-0.39, 0.29) is 12.5 Å². The smallest absolute Gasteiger partial charge is 0.416 e. The molecule has 1 aliphatic rings. The minimum Gasteiger partial charge on any atom is -0.492 e. The minimum atomic E-state index is -4.45. The fourth-order valence-corrected chi connectivity index (χ4v) is 3.48. The van der Waals surface area contributed by atoms with Gasteiger partial charge in [0.2, 0.25) is 5.91 Å². The Hall–Kier alpha value is -2.58. The van der Waals surface area contributed by atoms with Crippen molar-refractivity contribution in [2.24, 2.45) is 0 Å². The van der Waals surface area contributed by atoms with Gasteiger partial charge < -0.3 is 14.8 Å². The topological polar surface area (TPSA) is 50.8 Å². The second kappa shape index (κ2) is 10.4. The molecule has 1 saturated heterocycles. The van der Waals surface area contributed by atoms with Crippen molar-refractivity contribution in [3.63, 3.8) is 0 Å². The number of ether oxygens (including phenoxy) is 2. The van der Waals surface area contributed by atoms with Crippen LogP contribution >= 0.6 is 0 Å². The summed E-state index contributed by atoms with van der Waals surface area (Å²) in [5, 5.41) is 2.83. The number of carbonyl (C=O) groups excluding carboxylic acids is 1. The predicted molar refractivity (Wildman–Crippen MR) is 116 cm³/mol. The van der Waals surface area contributed by atoms with Gasteiger partial charge in [0.25, 0.3) is 0 Å². The van der Waals surface area contributed by atoms with Gasteiger partial charge in [-0.25, -0.2) is 0 Å². The van der Waals surface area contributed by atoms with E-state index < -0.39 is 17.2 Å². The van der Waals surface area contributed by atoms with Crippen LogP contribution in [0, 0.1) is 0 Å². The van der Waals surface area contributed by atoms with Crippen LogP contribution in [0.15, 0.2) is 48.5 Å². The number of halogens is 3. The molecule has 0 aliphatic carbocycles. The lowest BCUT2D eigenvalue weighted by Gasteiger charge is -2.26. The Labute approximate surface area is 186 Å². The molecule has 1 heterocycles. The highest BCUT2D eigenvalue weighted by Crippen LogP contribution is 2.33. The molecule has 1 fully saturated rings. The lowest BCUT2D eigenvalue weighted by atomic mass is 9.83. The van der Waals surface area contributed by atoms with Crippen LogP contribution in [0.2, 0.25) is 0 Å². The lowest BCUT2D eigenvalue weighted by Crippen LogP contribution is -2.39. The molecule has 3 rings (SSSR count). The zero-order valence-electron chi connectivity index (χ0n) is 18.4. The first-order valence-corrected chi connectivity index (χ1v) is 10.6. The Balaban J connectivity index is 1.55. The molecule has 0 radical (unpaired) electrons. The summed E-state index contributed by atoms with van der Waals surface area (Å²) in [7, 11) is 0. The third kappa shape index (κ3) is 6.46. The third-order valence-electron chi connectivity index (χ3n) is 5.61. The summed E-state index contributed by atoms with van der Waals surface area (Å²) in [6, 6.07) is 12.3. The average Bonchev–Trinajstić information content (AvgIpc) is 2.78. The molecular weight excluding hydrogens is 421 g/mol. The Bertz CT molecular complexity index is 909. The Morgan fingerprint density at radius 3 is 2.47 bits per heavy atom. The van der Waals surface area contributed by atoms with Crippen molar-refractivity contribution in [1.82, 2.24) is 10.2 Å². The van der Waals surface area contributed by atoms with Crippen LogP contribution < -0.4 is 10.1 Å². The molecule has 0 saturated carbocycles. The number of benzene rings is 2. The molecular formula is C24H29F3N2O3. The molecule has 2 aromatic rings. The third-order valence-corrected chi connectivity index (χ3v) is 5.61. The van der Waals surface area contributed by atoms with Crippen molar-refractivity contribution in [2.75, 3.05) is 39.5 Å².